The number of nitrogens with zero attached hydrogens (tertiary/aromatic N) is 1. The number of primary amides is 2. The third-order valence-electron chi connectivity index (χ3n) is 4.36. The van der Waals surface area contributed by atoms with Crippen molar-refractivity contribution in [2.45, 2.75) is 45.8 Å². The number of nitrogens with one attached hydrogen (secondary N) is 2. The van der Waals surface area contributed by atoms with Gasteiger partial charge >= 0.3 is 12.1 Å². The van der Waals surface area contributed by atoms with Crippen molar-refractivity contribution in [3.63, 3.8) is 0 Å². The number of carbonyl (C=O) groups excluding carboxylic acids is 4. The van der Waals surface area contributed by atoms with E-state index >= 15 is 0 Å². The topological polar surface area (TPSA) is 157 Å². The maximum Gasteiger partial charge on any atom is 0.410 e. The second-order valence-electron chi connectivity index (χ2n) is 7.25. The van der Waals surface area contributed by atoms with E-state index in [4.69, 9.17) is 16.2 Å². The maximum atomic E-state index is 12.2. The zero-order valence-electron chi connectivity index (χ0n) is 17.6. The molecule has 0 fully saturated rings. The number of amides is 5. The van der Waals surface area contributed by atoms with Crippen LogP contribution in [0.4, 0.5) is 15.3 Å². The predicted octanol–water partition coefficient (Wildman–Crippen LogP) is 1.54. The molecule has 5 amide bonds. The van der Waals surface area contributed by atoms with Gasteiger partial charge in [-0.2, -0.15) is 0 Å². The maximum absolute atomic E-state index is 12.2. The number of likely N-dealkylation sites (N-methyl/N-ethyl adjacent to an activating group) is 1. The lowest BCUT2D eigenvalue weighted by molar-refractivity contribution is -0.123. The summed E-state index contributed by atoms with van der Waals surface area (Å²) in [6.07, 6.45) is 0.956. The van der Waals surface area contributed by atoms with Gasteiger partial charge in [0.1, 0.15) is 12.6 Å². The fourth-order valence-corrected chi connectivity index (χ4v) is 2.86. The molecule has 30 heavy (non-hydrogen) atoms. The molecule has 0 heterocycles. The molecule has 10 heteroatoms. The summed E-state index contributed by atoms with van der Waals surface area (Å²) in [5.74, 6) is -0.864. The minimum atomic E-state index is -0.748. The first-order valence-electron chi connectivity index (χ1n) is 9.72. The third-order valence-corrected chi connectivity index (χ3v) is 4.36. The number of anilines is 1. The lowest BCUT2D eigenvalue weighted by Crippen LogP contribution is -2.48. The first kappa shape index (κ1) is 24.7. The van der Waals surface area contributed by atoms with Crippen molar-refractivity contribution in [3.05, 3.63) is 29.8 Å². The van der Waals surface area contributed by atoms with Gasteiger partial charge in [-0.25, -0.2) is 9.59 Å². The lowest BCUT2D eigenvalue weighted by Gasteiger charge is -2.27. The van der Waals surface area contributed by atoms with Crippen LogP contribution in [-0.4, -0.2) is 48.5 Å². The van der Waals surface area contributed by atoms with Crippen LogP contribution in [-0.2, 0) is 20.9 Å². The normalized spacial score (nSPS) is 11.5. The van der Waals surface area contributed by atoms with E-state index in [2.05, 4.69) is 10.6 Å². The summed E-state index contributed by atoms with van der Waals surface area (Å²) < 4.78 is 5.24. The highest BCUT2D eigenvalue weighted by Gasteiger charge is 2.28. The summed E-state index contributed by atoms with van der Waals surface area (Å²) in [4.78, 5) is 47.4. The monoisotopic (exact) mass is 421 g/mol. The highest BCUT2D eigenvalue weighted by Crippen LogP contribution is 2.14. The number of hydrogen-bond donors (Lipinski definition) is 4. The Morgan fingerprint density at radius 1 is 1.07 bits per heavy atom. The van der Waals surface area contributed by atoms with Gasteiger partial charge in [0.25, 0.3) is 0 Å². The molecule has 1 atom stereocenters. The van der Waals surface area contributed by atoms with E-state index < -0.39 is 24.1 Å². The molecular weight excluding hydrogens is 390 g/mol. The van der Waals surface area contributed by atoms with Crippen LogP contribution < -0.4 is 22.1 Å². The molecule has 0 saturated carbocycles. The second-order valence-corrected chi connectivity index (χ2v) is 7.25. The number of nitrogens with two attached hydrogens (primary N) is 2. The molecular formula is C20H31N5O5. The summed E-state index contributed by atoms with van der Waals surface area (Å²) in [6, 6.07) is 5.55. The van der Waals surface area contributed by atoms with Gasteiger partial charge in [0.2, 0.25) is 11.8 Å². The van der Waals surface area contributed by atoms with Crippen molar-refractivity contribution in [1.29, 1.82) is 0 Å². The van der Waals surface area contributed by atoms with Gasteiger partial charge in [0.15, 0.2) is 0 Å². The summed E-state index contributed by atoms with van der Waals surface area (Å²) in [6.45, 7) is 4.05. The Morgan fingerprint density at radius 2 is 1.70 bits per heavy atom. The Morgan fingerprint density at radius 3 is 2.23 bits per heavy atom. The number of urea groups is 1. The Balaban J connectivity index is 2.43. The lowest BCUT2D eigenvalue weighted by atomic mass is 10.0. The van der Waals surface area contributed by atoms with E-state index in [9.17, 15) is 19.2 Å². The number of carbonyl (C=O) groups is 4. The second kappa shape index (κ2) is 12.3. The molecule has 1 unspecified atom stereocenters. The van der Waals surface area contributed by atoms with E-state index in [1.807, 2.05) is 0 Å². The average Bonchev–Trinajstić information content (AvgIpc) is 2.66. The van der Waals surface area contributed by atoms with Crippen molar-refractivity contribution in [3.8, 4) is 0 Å². The van der Waals surface area contributed by atoms with Crippen LogP contribution in [0, 0.1) is 5.92 Å². The van der Waals surface area contributed by atoms with Crippen LogP contribution in [0.3, 0.4) is 0 Å². The molecule has 6 N–H and O–H groups in total. The van der Waals surface area contributed by atoms with E-state index in [-0.39, 0.29) is 18.4 Å². The van der Waals surface area contributed by atoms with Crippen molar-refractivity contribution < 1.29 is 23.9 Å². The molecule has 0 bridgehead atoms. The van der Waals surface area contributed by atoms with Gasteiger partial charge in [-0.3, -0.25) is 14.5 Å². The highest BCUT2D eigenvalue weighted by atomic mass is 16.6. The fourth-order valence-electron chi connectivity index (χ4n) is 2.86. The molecule has 0 saturated heterocycles. The van der Waals surface area contributed by atoms with Crippen molar-refractivity contribution in [2.75, 3.05) is 18.9 Å². The van der Waals surface area contributed by atoms with E-state index in [0.717, 1.165) is 5.56 Å². The number of unbranched alkanes of at least 4 members (excludes halogenated alkanes) is 1. The first-order valence-corrected chi connectivity index (χ1v) is 9.72. The van der Waals surface area contributed by atoms with Gasteiger partial charge in [0, 0.05) is 25.7 Å². The van der Waals surface area contributed by atoms with E-state index in [1.54, 1.807) is 38.1 Å². The van der Waals surface area contributed by atoms with Crippen LogP contribution in [0.5, 0.6) is 0 Å². The van der Waals surface area contributed by atoms with Crippen LogP contribution in [0.25, 0.3) is 0 Å². The van der Waals surface area contributed by atoms with Crippen LogP contribution in [0.2, 0.25) is 0 Å². The third kappa shape index (κ3) is 8.80. The highest BCUT2D eigenvalue weighted by molar-refractivity contribution is 5.90. The zero-order chi connectivity index (χ0) is 22.7. The van der Waals surface area contributed by atoms with Gasteiger partial charge in [-0.15, -0.1) is 0 Å². The van der Waals surface area contributed by atoms with Crippen LogP contribution in [0.15, 0.2) is 24.3 Å². The quantitative estimate of drug-likeness (QED) is 0.399. The Hall–Kier alpha value is -3.30. The summed E-state index contributed by atoms with van der Waals surface area (Å²) in [7, 11) is 1.47. The van der Waals surface area contributed by atoms with E-state index in [0.29, 0.717) is 31.5 Å². The van der Waals surface area contributed by atoms with Gasteiger partial charge in [0.05, 0.1) is 0 Å². The molecule has 1 aromatic rings. The smallest absolute Gasteiger partial charge is 0.410 e. The Labute approximate surface area is 176 Å². The molecule has 1 rings (SSSR count). The molecule has 10 nitrogen and oxygen atoms in total. The first-order chi connectivity index (χ1) is 14.1. The molecule has 0 aliphatic carbocycles. The average molecular weight is 421 g/mol. The number of rotatable bonds is 11. The molecule has 0 aliphatic heterocycles. The fraction of sp³-hybridized carbons (Fsp3) is 0.500. The summed E-state index contributed by atoms with van der Waals surface area (Å²) in [5.41, 5.74) is 11.7. The minimum Gasteiger partial charge on any atom is -0.445 e. The number of benzene rings is 1. The van der Waals surface area contributed by atoms with E-state index in [1.165, 1.54) is 11.9 Å². The molecule has 0 radical (unpaired) electrons. The van der Waals surface area contributed by atoms with Crippen molar-refractivity contribution in [2.24, 2.45) is 17.4 Å². The Kier molecular flexibility index (Phi) is 10.1. The van der Waals surface area contributed by atoms with Gasteiger partial charge in [-0.05, 0) is 36.5 Å². The molecule has 0 spiro atoms. The summed E-state index contributed by atoms with van der Waals surface area (Å²) in [5, 5.41) is 5.24. The molecule has 1 aromatic carbocycles. The van der Waals surface area contributed by atoms with Crippen LogP contribution in [0.1, 0.15) is 38.7 Å². The van der Waals surface area contributed by atoms with Gasteiger partial charge in [-0.1, -0.05) is 26.0 Å². The van der Waals surface area contributed by atoms with Crippen molar-refractivity contribution >= 4 is 29.6 Å². The molecule has 0 aliphatic rings. The molecule has 0 aromatic heterocycles. The number of hydrogen-bond acceptors (Lipinski definition) is 5. The summed E-state index contributed by atoms with van der Waals surface area (Å²) >= 11 is 0. The standard InChI is InChI=1S/C20H31N5O5/c1-13(2)17(18(21)27)25(3)20(29)30-12-14-7-9-15(10-8-14)24-16(26)6-4-5-11-23-19(22)28/h7-10,13,17H,4-6,11-12H2,1-3H3,(H2,21,27)(H,24,26)(H3,22,23,28). The largest absolute Gasteiger partial charge is 0.445 e. The minimum absolute atomic E-state index is 0.0217. The zero-order valence-corrected chi connectivity index (χ0v) is 17.6. The predicted molar refractivity (Wildman–Crippen MR) is 112 cm³/mol. The van der Waals surface area contributed by atoms with Crippen molar-refractivity contribution in [1.82, 2.24) is 10.2 Å². The van der Waals surface area contributed by atoms with Gasteiger partial charge < -0.3 is 26.8 Å². The number of ether oxygens (including phenoxy) is 1. The SMILES string of the molecule is CC(C)C(C(N)=O)N(C)C(=O)OCc1ccc(NC(=O)CCCCNC(N)=O)cc1. The molecule has 166 valence electrons. The Bertz CT molecular complexity index is 736. The van der Waals surface area contributed by atoms with Crippen LogP contribution >= 0.6 is 0 Å².